The maximum absolute atomic E-state index is 13.3. The van der Waals surface area contributed by atoms with E-state index in [2.05, 4.69) is 21.2 Å². The van der Waals surface area contributed by atoms with Crippen LogP contribution in [0.25, 0.3) is 0 Å². The summed E-state index contributed by atoms with van der Waals surface area (Å²) < 4.78 is 14.3. The van der Waals surface area contributed by atoms with E-state index in [1.165, 1.54) is 12.1 Å². The zero-order valence-electron chi connectivity index (χ0n) is 10.7. The summed E-state index contributed by atoms with van der Waals surface area (Å²) in [6.07, 6.45) is 0. The maximum Gasteiger partial charge on any atom is 0.123 e. The second-order valence-corrected chi connectivity index (χ2v) is 5.42. The molecule has 2 rings (SSSR count). The highest BCUT2D eigenvalue weighted by Crippen LogP contribution is 2.24. The molecule has 0 radical (unpaired) electrons. The van der Waals surface area contributed by atoms with Crippen molar-refractivity contribution in [2.75, 3.05) is 11.9 Å². The summed E-state index contributed by atoms with van der Waals surface area (Å²) in [4.78, 5) is 0. The van der Waals surface area contributed by atoms with Crippen molar-refractivity contribution in [2.24, 2.45) is 5.73 Å². The fourth-order valence-corrected chi connectivity index (χ4v) is 2.63. The lowest BCUT2D eigenvalue weighted by Crippen LogP contribution is -2.20. The molecule has 0 spiro atoms. The molecule has 2 nitrogen and oxygen atoms in total. The first-order chi connectivity index (χ1) is 9.08. The quantitative estimate of drug-likeness (QED) is 0.892. The van der Waals surface area contributed by atoms with Gasteiger partial charge in [0.25, 0.3) is 0 Å². The van der Waals surface area contributed by atoms with Gasteiger partial charge in [-0.05, 0) is 48.4 Å². The highest BCUT2D eigenvalue weighted by atomic mass is 79.9. The lowest BCUT2D eigenvalue weighted by molar-refractivity contribution is 0.622. The Hall–Kier alpha value is -1.39. The normalized spacial score (nSPS) is 12.2. The summed E-state index contributed by atoms with van der Waals surface area (Å²) in [6.45, 7) is 2.42. The van der Waals surface area contributed by atoms with Crippen LogP contribution in [0.15, 0.2) is 46.9 Å². The molecular formula is C15H16BrFN2. The Balaban J connectivity index is 2.23. The number of hydrogen-bond donors (Lipinski definition) is 2. The molecule has 0 aromatic heterocycles. The van der Waals surface area contributed by atoms with Gasteiger partial charge in [-0.25, -0.2) is 4.39 Å². The van der Waals surface area contributed by atoms with E-state index in [1.54, 1.807) is 6.07 Å². The number of benzene rings is 2. The summed E-state index contributed by atoms with van der Waals surface area (Å²) in [6, 6.07) is 12.5. The third kappa shape index (κ3) is 3.78. The molecule has 2 aromatic rings. The largest absolute Gasteiger partial charge is 0.377 e. The summed E-state index contributed by atoms with van der Waals surface area (Å²) in [5.74, 6) is -0.247. The van der Waals surface area contributed by atoms with Crippen LogP contribution in [0.4, 0.5) is 10.1 Å². The monoisotopic (exact) mass is 322 g/mol. The van der Waals surface area contributed by atoms with Crippen molar-refractivity contribution >= 4 is 21.6 Å². The van der Waals surface area contributed by atoms with Crippen LogP contribution in [0.1, 0.15) is 17.2 Å². The van der Waals surface area contributed by atoms with E-state index in [0.717, 1.165) is 21.3 Å². The van der Waals surface area contributed by atoms with Gasteiger partial charge in [0, 0.05) is 16.7 Å². The summed E-state index contributed by atoms with van der Waals surface area (Å²) in [5, 5.41) is 3.33. The molecule has 4 heteroatoms. The maximum atomic E-state index is 13.3. The fraction of sp³-hybridized carbons (Fsp3) is 0.200. The highest BCUT2D eigenvalue weighted by Gasteiger charge is 2.10. The number of rotatable bonds is 4. The van der Waals surface area contributed by atoms with E-state index < -0.39 is 0 Å². The van der Waals surface area contributed by atoms with Gasteiger partial charge in [-0.15, -0.1) is 0 Å². The van der Waals surface area contributed by atoms with Gasteiger partial charge in [0.15, 0.2) is 0 Å². The molecule has 1 unspecified atom stereocenters. The number of halogens is 2. The average molecular weight is 323 g/mol. The second kappa shape index (κ2) is 6.17. The van der Waals surface area contributed by atoms with Gasteiger partial charge in [0.2, 0.25) is 0 Å². The van der Waals surface area contributed by atoms with Crippen molar-refractivity contribution in [3.8, 4) is 0 Å². The van der Waals surface area contributed by atoms with Crippen LogP contribution in [0.2, 0.25) is 0 Å². The predicted octanol–water partition coefficient (Wildman–Crippen LogP) is 4.01. The first-order valence-corrected chi connectivity index (χ1v) is 6.87. The first-order valence-electron chi connectivity index (χ1n) is 6.08. The van der Waals surface area contributed by atoms with Crippen molar-refractivity contribution in [3.63, 3.8) is 0 Å². The Kier molecular flexibility index (Phi) is 4.56. The zero-order valence-corrected chi connectivity index (χ0v) is 12.2. The second-order valence-electron chi connectivity index (χ2n) is 4.50. The zero-order chi connectivity index (χ0) is 13.8. The Labute approximate surface area is 121 Å². The Morgan fingerprint density at radius 1 is 1.26 bits per heavy atom. The number of aryl methyl sites for hydroxylation is 1. The fourth-order valence-electron chi connectivity index (χ4n) is 2.02. The number of nitrogens with one attached hydrogen (secondary N) is 1. The van der Waals surface area contributed by atoms with Crippen LogP contribution < -0.4 is 11.1 Å². The van der Waals surface area contributed by atoms with E-state index in [9.17, 15) is 4.39 Å². The van der Waals surface area contributed by atoms with Crippen LogP contribution in [-0.2, 0) is 0 Å². The van der Waals surface area contributed by atoms with Crippen LogP contribution >= 0.6 is 15.9 Å². The third-order valence-electron chi connectivity index (χ3n) is 2.87. The van der Waals surface area contributed by atoms with Gasteiger partial charge in [-0.1, -0.05) is 28.1 Å². The van der Waals surface area contributed by atoms with Crippen molar-refractivity contribution < 1.29 is 4.39 Å². The van der Waals surface area contributed by atoms with Crippen molar-refractivity contribution in [2.45, 2.75) is 13.0 Å². The summed E-state index contributed by atoms with van der Waals surface area (Å²) in [7, 11) is 0. The molecule has 2 aromatic carbocycles. The first kappa shape index (κ1) is 14.0. The molecule has 0 saturated carbocycles. The SMILES string of the molecule is Cc1cc(Br)cc(NC(CN)c2cccc(F)c2)c1. The van der Waals surface area contributed by atoms with E-state index in [0.29, 0.717) is 6.54 Å². The van der Waals surface area contributed by atoms with Gasteiger partial charge in [-0.3, -0.25) is 0 Å². The van der Waals surface area contributed by atoms with Gasteiger partial charge < -0.3 is 11.1 Å². The van der Waals surface area contributed by atoms with E-state index in [4.69, 9.17) is 5.73 Å². The lowest BCUT2D eigenvalue weighted by Gasteiger charge is -2.19. The number of hydrogen-bond acceptors (Lipinski definition) is 2. The number of anilines is 1. The Bertz CT molecular complexity index is 552. The molecule has 0 aliphatic rings. The molecule has 0 saturated heterocycles. The van der Waals surface area contributed by atoms with E-state index >= 15 is 0 Å². The Morgan fingerprint density at radius 2 is 2.05 bits per heavy atom. The van der Waals surface area contributed by atoms with Crippen molar-refractivity contribution in [1.82, 2.24) is 0 Å². The summed E-state index contributed by atoms with van der Waals surface area (Å²) in [5.41, 5.74) is 8.74. The lowest BCUT2D eigenvalue weighted by atomic mass is 10.1. The highest BCUT2D eigenvalue weighted by molar-refractivity contribution is 9.10. The molecule has 0 aliphatic heterocycles. The van der Waals surface area contributed by atoms with Crippen LogP contribution in [0.5, 0.6) is 0 Å². The average Bonchev–Trinajstić information content (AvgIpc) is 2.34. The molecule has 0 amide bonds. The van der Waals surface area contributed by atoms with Gasteiger partial charge >= 0.3 is 0 Å². The molecule has 100 valence electrons. The molecule has 0 bridgehead atoms. The molecule has 19 heavy (non-hydrogen) atoms. The smallest absolute Gasteiger partial charge is 0.123 e. The topological polar surface area (TPSA) is 38.0 Å². The van der Waals surface area contributed by atoms with Crippen LogP contribution in [-0.4, -0.2) is 6.54 Å². The Morgan fingerprint density at radius 3 is 2.68 bits per heavy atom. The van der Waals surface area contributed by atoms with Crippen molar-refractivity contribution in [1.29, 1.82) is 0 Å². The molecule has 0 aliphatic carbocycles. The minimum Gasteiger partial charge on any atom is -0.377 e. The minimum atomic E-state index is -0.247. The standard InChI is InChI=1S/C15H16BrFN2/c1-10-5-12(16)8-14(6-10)19-15(9-18)11-3-2-4-13(17)7-11/h2-8,15,19H,9,18H2,1H3. The molecule has 0 heterocycles. The molecular weight excluding hydrogens is 307 g/mol. The van der Waals surface area contributed by atoms with Crippen molar-refractivity contribution in [3.05, 3.63) is 63.9 Å². The van der Waals surface area contributed by atoms with Gasteiger partial charge in [0.1, 0.15) is 5.82 Å². The minimum absolute atomic E-state index is 0.107. The van der Waals surface area contributed by atoms with Crippen LogP contribution in [0.3, 0.4) is 0 Å². The predicted molar refractivity (Wildman–Crippen MR) is 80.7 cm³/mol. The molecule has 3 N–H and O–H groups in total. The van der Waals surface area contributed by atoms with Crippen LogP contribution in [0, 0.1) is 12.7 Å². The molecule has 0 fully saturated rings. The van der Waals surface area contributed by atoms with E-state index in [1.807, 2.05) is 31.2 Å². The number of nitrogens with two attached hydrogens (primary N) is 1. The third-order valence-corrected chi connectivity index (χ3v) is 3.33. The molecule has 1 atom stereocenters. The van der Waals surface area contributed by atoms with Gasteiger partial charge in [-0.2, -0.15) is 0 Å². The summed E-state index contributed by atoms with van der Waals surface area (Å²) >= 11 is 3.46. The van der Waals surface area contributed by atoms with Gasteiger partial charge in [0.05, 0.1) is 6.04 Å². The van der Waals surface area contributed by atoms with E-state index in [-0.39, 0.29) is 11.9 Å².